The van der Waals surface area contributed by atoms with Crippen LogP contribution in [0.2, 0.25) is 5.02 Å². The van der Waals surface area contributed by atoms with Crippen LogP contribution in [0.25, 0.3) is 10.9 Å². The normalized spacial score (nSPS) is 14.5. The Labute approximate surface area is 170 Å². The molecule has 1 amide bonds. The van der Waals surface area contributed by atoms with Crippen LogP contribution in [-0.2, 0) is 17.7 Å². The topological polar surface area (TPSA) is 34.5 Å². The lowest BCUT2D eigenvalue weighted by Gasteiger charge is -2.26. The van der Waals surface area contributed by atoms with Crippen LogP contribution in [0.15, 0.2) is 54.7 Å². The number of rotatable bonds is 6. The molecule has 1 aliphatic heterocycles. The lowest BCUT2D eigenvalue weighted by molar-refractivity contribution is 0.0304. The number of carbonyl (C=O) groups is 1. The molecule has 28 heavy (non-hydrogen) atoms. The van der Waals surface area contributed by atoms with Gasteiger partial charge < -0.3 is 14.2 Å². The third kappa shape index (κ3) is 4.23. The molecular formula is C23H25ClN2O2. The molecule has 0 unspecified atom stereocenters. The van der Waals surface area contributed by atoms with Crippen LogP contribution in [0, 0.1) is 0 Å². The molecule has 1 fully saturated rings. The van der Waals surface area contributed by atoms with E-state index in [4.69, 9.17) is 16.3 Å². The number of hydrogen-bond donors (Lipinski definition) is 0. The number of benzene rings is 2. The van der Waals surface area contributed by atoms with Crippen molar-refractivity contribution < 1.29 is 9.53 Å². The molecule has 0 bridgehead atoms. The monoisotopic (exact) mass is 396 g/mol. The lowest BCUT2D eigenvalue weighted by Crippen LogP contribution is -2.40. The number of amides is 1. The number of ether oxygens (including phenoxy) is 1. The molecule has 5 heteroatoms. The van der Waals surface area contributed by atoms with Gasteiger partial charge in [-0.05, 0) is 43.0 Å². The van der Waals surface area contributed by atoms with E-state index in [1.165, 1.54) is 5.56 Å². The first kappa shape index (κ1) is 19.0. The summed E-state index contributed by atoms with van der Waals surface area (Å²) < 4.78 is 7.60. The summed E-state index contributed by atoms with van der Waals surface area (Å²) in [5.74, 6) is 0.108. The highest BCUT2D eigenvalue weighted by Gasteiger charge is 2.22. The van der Waals surface area contributed by atoms with Crippen molar-refractivity contribution in [1.82, 2.24) is 9.47 Å². The number of aromatic nitrogens is 1. The predicted octanol–water partition coefficient (Wildman–Crippen LogP) is 4.79. The number of halogens is 1. The van der Waals surface area contributed by atoms with Gasteiger partial charge in [-0.25, -0.2) is 0 Å². The van der Waals surface area contributed by atoms with E-state index in [9.17, 15) is 4.79 Å². The summed E-state index contributed by atoms with van der Waals surface area (Å²) in [7, 11) is 0. The van der Waals surface area contributed by atoms with Crippen molar-refractivity contribution in [1.29, 1.82) is 0 Å². The average Bonchev–Trinajstić information content (AvgIpc) is 3.10. The molecule has 2 heterocycles. The summed E-state index contributed by atoms with van der Waals surface area (Å²) >= 11 is 6.07. The second kappa shape index (κ2) is 8.80. The van der Waals surface area contributed by atoms with Crippen LogP contribution >= 0.6 is 11.6 Å². The standard InChI is InChI=1S/C23H25ClN2O2/c24-19-8-5-7-18(16-19)6-3-4-11-26-17-21(20-9-1-2-10-22(20)26)23(27)25-12-14-28-15-13-25/h1-2,5,7-10,16-17H,3-4,6,11-15H2. The fourth-order valence-electron chi connectivity index (χ4n) is 3.84. The van der Waals surface area contributed by atoms with Gasteiger partial charge in [0, 0.05) is 41.8 Å². The van der Waals surface area contributed by atoms with Crippen molar-refractivity contribution in [2.45, 2.75) is 25.8 Å². The predicted molar refractivity (Wildman–Crippen MR) is 113 cm³/mol. The van der Waals surface area contributed by atoms with Crippen molar-refractivity contribution >= 4 is 28.4 Å². The molecule has 0 atom stereocenters. The molecule has 1 aliphatic rings. The molecule has 0 saturated carbocycles. The fourth-order valence-corrected chi connectivity index (χ4v) is 4.06. The molecule has 2 aromatic carbocycles. The Hall–Kier alpha value is -2.30. The number of aryl methyl sites for hydroxylation is 2. The summed E-state index contributed by atoms with van der Waals surface area (Å²) in [4.78, 5) is 14.9. The van der Waals surface area contributed by atoms with Crippen molar-refractivity contribution in [3.63, 3.8) is 0 Å². The average molecular weight is 397 g/mol. The van der Waals surface area contributed by atoms with E-state index in [0.717, 1.165) is 47.3 Å². The third-order valence-electron chi connectivity index (χ3n) is 5.32. The zero-order valence-corrected chi connectivity index (χ0v) is 16.7. The quantitative estimate of drug-likeness (QED) is 0.561. The van der Waals surface area contributed by atoms with E-state index < -0.39 is 0 Å². The van der Waals surface area contributed by atoms with E-state index in [1.807, 2.05) is 47.5 Å². The maximum atomic E-state index is 13.0. The number of hydrogen-bond acceptors (Lipinski definition) is 2. The Morgan fingerprint density at radius 2 is 1.86 bits per heavy atom. The van der Waals surface area contributed by atoms with Crippen molar-refractivity contribution in [3.05, 3.63) is 70.9 Å². The molecule has 0 N–H and O–H groups in total. The molecule has 0 spiro atoms. The third-order valence-corrected chi connectivity index (χ3v) is 5.56. The Kier molecular flexibility index (Phi) is 5.98. The minimum absolute atomic E-state index is 0.108. The first-order valence-electron chi connectivity index (χ1n) is 9.92. The molecule has 4 nitrogen and oxygen atoms in total. The summed E-state index contributed by atoms with van der Waals surface area (Å²) in [6.07, 6.45) is 5.18. The first-order chi connectivity index (χ1) is 13.7. The highest BCUT2D eigenvalue weighted by molar-refractivity contribution is 6.30. The number of unbranched alkanes of at least 4 members (excludes halogenated alkanes) is 1. The molecule has 0 aliphatic carbocycles. The van der Waals surface area contributed by atoms with Crippen LogP contribution < -0.4 is 0 Å². The van der Waals surface area contributed by atoms with Crippen LogP contribution in [0.5, 0.6) is 0 Å². The van der Waals surface area contributed by atoms with Gasteiger partial charge in [-0.3, -0.25) is 4.79 Å². The smallest absolute Gasteiger partial charge is 0.256 e. The summed E-state index contributed by atoms with van der Waals surface area (Å²) in [6, 6.07) is 16.2. The Morgan fingerprint density at radius 1 is 1.04 bits per heavy atom. The van der Waals surface area contributed by atoms with Gasteiger partial charge in [0.1, 0.15) is 0 Å². The highest BCUT2D eigenvalue weighted by Crippen LogP contribution is 2.24. The summed E-state index contributed by atoms with van der Waals surface area (Å²) in [5, 5.41) is 1.83. The minimum atomic E-state index is 0.108. The van der Waals surface area contributed by atoms with Crippen LogP contribution in [0.3, 0.4) is 0 Å². The number of morpholine rings is 1. The van der Waals surface area contributed by atoms with Gasteiger partial charge in [0.15, 0.2) is 0 Å². The highest BCUT2D eigenvalue weighted by atomic mass is 35.5. The zero-order chi connectivity index (χ0) is 19.3. The van der Waals surface area contributed by atoms with Gasteiger partial charge in [-0.1, -0.05) is 41.9 Å². The SMILES string of the molecule is O=C(c1cn(CCCCc2cccc(Cl)c2)c2ccccc12)N1CCOCC1. The molecular weight excluding hydrogens is 372 g/mol. The maximum Gasteiger partial charge on any atom is 0.256 e. The van der Waals surface area contributed by atoms with E-state index in [1.54, 1.807) is 0 Å². The van der Waals surface area contributed by atoms with E-state index >= 15 is 0 Å². The van der Waals surface area contributed by atoms with E-state index in [2.05, 4.69) is 16.7 Å². The second-order valence-corrected chi connectivity index (χ2v) is 7.68. The number of fused-ring (bicyclic) bond motifs is 1. The van der Waals surface area contributed by atoms with Crippen molar-refractivity contribution in [2.75, 3.05) is 26.3 Å². The van der Waals surface area contributed by atoms with Crippen LogP contribution in [0.1, 0.15) is 28.8 Å². The molecule has 1 aromatic heterocycles. The van der Waals surface area contributed by atoms with Crippen molar-refractivity contribution in [2.24, 2.45) is 0 Å². The van der Waals surface area contributed by atoms with E-state index in [0.29, 0.717) is 26.3 Å². The van der Waals surface area contributed by atoms with Crippen LogP contribution in [-0.4, -0.2) is 41.7 Å². The molecule has 0 radical (unpaired) electrons. The summed E-state index contributed by atoms with van der Waals surface area (Å²) in [5.41, 5.74) is 3.20. The maximum absolute atomic E-state index is 13.0. The van der Waals surface area contributed by atoms with Gasteiger partial charge in [0.2, 0.25) is 0 Å². The van der Waals surface area contributed by atoms with Gasteiger partial charge in [0.05, 0.1) is 18.8 Å². The number of carbonyl (C=O) groups excluding carboxylic acids is 1. The van der Waals surface area contributed by atoms with Crippen LogP contribution in [0.4, 0.5) is 0 Å². The lowest BCUT2D eigenvalue weighted by atomic mass is 10.1. The van der Waals surface area contributed by atoms with Gasteiger partial charge in [-0.15, -0.1) is 0 Å². The Balaban J connectivity index is 1.46. The molecule has 3 aromatic rings. The van der Waals surface area contributed by atoms with Gasteiger partial charge in [-0.2, -0.15) is 0 Å². The molecule has 1 saturated heterocycles. The largest absolute Gasteiger partial charge is 0.378 e. The van der Waals surface area contributed by atoms with Gasteiger partial charge >= 0.3 is 0 Å². The Morgan fingerprint density at radius 3 is 2.68 bits per heavy atom. The minimum Gasteiger partial charge on any atom is -0.378 e. The first-order valence-corrected chi connectivity index (χ1v) is 10.3. The van der Waals surface area contributed by atoms with E-state index in [-0.39, 0.29) is 5.91 Å². The fraction of sp³-hybridized carbons (Fsp3) is 0.348. The number of nitrogens with zero attached hydrogens (tertiary/aromatic N) is 2. The van der Waals surface area contributed by atoms with Crippen molar-refractivity contribution in [3.8, 4) is 0 Å². The van der Waals surface area contributed by atoms with Gasteiger partial charge in [0.25, 0.3) is 5.91 Å². The number of para-hydroxylation sites is 1. The Bertz CT molecular complexity index is 960. The molecule has 4 rings (SSSR count). The zero-order valence-electron chi connectivity index (χ0n) is 15.9. The summed E-state index contributed by atoms with van der Waals surface area (Å²) in [6.45, 7) is 3.47. The molecule has 146 valence electrons. The second-order valence-electron chi connectivity index (χ2n) is 7.24.